The molecule has 1 rings (SSSR count). The third-order valence-corrected chi connectivity index (χ3v) is 3.74. The van der Waals surface area contributed by atoms with Gasteiger partial charge in [0.25, 0.3) is 10.1 Å². The van der Waals surface area contributed by atoms with Gasteiger partial charge in [-0.15, -0.1) is 0 Å². The fourth-order valence-electron chi connectivity index (χ4n) is 2.24. The normalized spacial score (nSPS) is 22.0. The fraction of sp³-hybridized carbons (Fsp3) is 0.857. The largest absolute Gasteiger partial charge is 0.466 e. The Morgan fingerprint density at radius 3 is 2.30 bits per heavy atom. The monoisotopic (exact) mass is 351 g/mol. The van der Waals surface area contributed by atoms with E-state index in [-0.39, 0.29) is 26.3 Å². The van der Waals surface area contributed by atoms with Gasteiger partial charge in [-0.1, -0.05) is 0 Å². The molecule has 1 amide bonds. The number of esters is 1. The molecule has 0 aliphatic carbocycles. The van der Waals surface area contributed by atoms with E-state index in [1.807, 2.05) is 0 Å². The van der Waals surface area contributed by atoms with Crippen LogP contribution in [0.15, 0.2) is 0 Å². The Labute approximate surface area is 137 Å². The zero-order valence-electron chi connectivity index (χ0n) is 14.2. The van der Waals surface area contributed by atoms with Crippen molar-refractivity contribution in [2.24, 2.45) is 11.8 Å². The van der Waals surface area contributed by atoms with Crippen LogP contribution >= 0.6 is 0 Å². The molecular formula is C14H25NO7S. The van der Waals surface area contributed by atoms with Gasteiger partial charge in [-0.3, -0.25) is 8.98 Å². The van der Waals surface area contributed by atoms with Gasteiger partial charge in [0.15, 0.2) is 0 Å². The summed E-state index contributed by atoms with van der Waals surface area (Å²) in [5.74, 6) is -1.57. The Hall–Kier alpha value is -1.35. The fourth-order valence-corrected chi connectivity index (χ4v) is 2.67. The summed E-state index contributed by atoms with van der Waals surface area (Å²) in [7, 11) is -3.63. The first kappa shape index (κ1) is 19.7. The van der Waals surface area contributed by atoms with Crippen molar-refractivity contribution in [3.63, 3.8) is 0 Å². The van der Waals surface area contributed by atoms with Crippen LogP contribution in [0.3, 0.4) is 0 Å². The van der Waals surface area contributed by atoms with E-state index in [9.17, 15) is 18.0 Å². The smallest absolute Gasteiger partial charge is 0.410 e. The minimum Gasteiger partial charge on any atom is -0.466 e. The Kier molecular flexibility index (Phi) is 6.41. The van der Waals surface area contributed by atoms with Crippen molar-refractivity contribution < 1.29 is 31.7 Å². The number of nitrogens with zero attached hydrogens (tertiary/aromatic N) is 1. The second-order valence-electron chi connectivity index (χ2n) is 6.49. The predicted octanol–water partition coefficient (Wildman–Crippen LogP) is 1.01. The van der Waals surface area contributed by atoms with Crippen LogP contribution in [0.25, 0.3) is 0 Å². The topological polar surface area (TPSA) is 99.2 Å². The number of carbonyl (C=O) groups is 2. The zero-order valence-corrected chi connectivity index (χ0v) is 15.0. The second-order valence-corrected chi connectivity index (χ2v) is 8.14. The number of carbonyl (C=O) groups excluding carboxylic acids is 2. The molecule has 2 unspecified atom stereocenters. The van der Waals surface area contributed by atoms with E-state index in [2.05, 4.69) is 0 Å². The van der Waals surface area contributed by atoms with Crippen molar-refractivity contribution >= 4 is 22.2 Å². The Morgan fingerprint density at radius 2 is 1.83 bits per heavy atom. The highest BCUT2D eigenvalue weighted by molar-refractivity contribution is 7.85. The number of amides is 1. The van der Waals surface area contributed by atoms with E-state index in [4.69, 9.17) is 13.7 Å². The van der Waals surface area contributed by atoms with Gasteiger partial charge in [0.05, 0.1) is 25.4 Å². The van der Waals surface area contributed by atoms with Crippen LogP contribution < -0.4 is 0 Å². The van der Waals surface area contributed by atoms with Crippen molar-refractivity contribution in [1.82, 2.24) is 4.90 Å². The Morgan fingerprint density at radius 1 is 1.22 bits per heavy atom. The van der Waals surface area contributed by atoms with Gasteiger partial charge in [0.2, 0.25) is 0 Å². The summed E-state index contributed by atoms with van der Waals surface area (Å²) >= 11 is 0. The maximum Gasteiger partial charge on any atom is 0.410 e. The molecule has 0 aromatic carbocycles. The molecule has 0 bridgehead atoms. The van der Waals surface area contributed by atoms with Gasteiger partial charge in [0.1, 0.15) is 5.60 Å². The minimum atomic E-state index is -3.63. The van der Waals surface area contributed by atoms with Gasteiger partial charge in [0, 0.05) is 19.0 Å². The Bertz CT molecular complexity index is 538. The Balaban J connectivity index is 2.80. The zero-order chi connectivity index (χ0) is 17.8. The van der Waals surface area contributed by atoms with E-state index in [0.717, 1.165) is 6.26 Å². The molecule has 1 aliphatic heterocycles. The van der Waals surface area contributed by atoms with E-state index in [1.54, 1.807) is 27.7 Å². The SMILES string of the molecule is CCOC(=O)C1CN(C(=O)OC(C)(C)C)CC1COS(C)(=O)=O. The van der Waals surface area contributed by atoms with Crippen LogP contribution in [-0.4, -0.2) is 63.5 Å². The number of rotatable bonds is 5. The third-order valence-electron chi connectivity index (χ3n) is 3.18. The lowest BCUT2D eigenvalue weighted by atomic mass is 9.97. The summed E-state index contributed by atoms with van der Waals surface area (Å²) in [6.45, 7) is 7.24. The lowest BCUT2D eigenvalue weighted by Gasteiger charge is -2.24. The maximum absolute atomic E-state index is 12.1. The van der Waals surface area contributed by atoms with Crippen LogP contribution in [0.4, 0.5) is 4.79 Å². The molecule has 9 heteroatoms. The highest BCUT2D eigenvalue weighted by Crippen LogP contribution is 2.27. The van der Waals surface area contributed by atoms with Crippen molar-refractivity contribution in [2.45, 2.75) is 33.3 Å². The van der Waals surface area contributed by atoms with Gasteiger partial charge in [-0.05, 0) is 27.7 Å². The minimum absolute atomic E-state index is 0.117. The van der Waals surface area contributed by atoms with Crippen molar-refractivity contribution in [2.75, 3.05) is 32.6 Å². The standard InChI is InChI=1S/C14H25NO7S/c1-6-20-12(16)11-8-15(13(17)22-14(2,3)4)7-10(11)9-21-23(5,18)19/h10-11H,6-9H2,1-5H3. The van der Waals surface area contributed by atoms with Crippen molar-refractivity contribution in [3.05, 3.63) is 0 Å². The molecule has 1 saturated heterocycles. The van der Waals surface area contributed by atoms with Gasteiger partial charge in [-0.25, -0.2) is 4.79 Å². The van der Waals surface area contributed by atoms with Crippen molar-refractivity contribution in [1.29, 1.82) is 0 Å². The first-order chi connectivity index (χ1) is 10.4. The second kappa shape index (κ2) is 7.48. The van der Waals surface area contributed by atoms with Crippen LogP contribution in [0.2, 0.25) is 0 Å². The van der Waals surface area contributed by atoms with E-state index < -0.39 is 39.6 Å². The lowest BCUT2D eigenvalue weighted by molar-refractivity contribution is -0.149. The van der Waals surface area contributed by atoms with Crippen LogP contribution in [-0.2, 0) is 28.6 Å². The summed E-state index contributed by atoms with van der Waals surface area (Å²) in [5, 5.41) is 0. The van der Waals surface area contributed by atoms with E-state index >= 15 is 0 Å². The summed E-state index contributed by atoms with van der Waals surface area (Å²) < 4.78 is 37.4. The summed E-state index contributed by atoms with van der Waals surface area (Å²) in [6.07, 6.45) is 0.390. The number of hydrogen-bond donors (Lipinski definition) is 0. The molecule has 1 aliphatic rings. The first-order valence-corrected chi connectivity index (χ1v) is 9.23. The molecule has 23 heavy (non-hydrogen) atoms. The van der Waals surface area contributed by atoms with Crippen LogP contribution in [0.5, 0.6) is 0 Å². The van der Waals surface area contributed by atoms with Crippen LogP contribution in [0.1, 0.15) is 27.7 Å². The molecule has 0 radical (unpaired) electrons. The van der Waals surface area contributed by atoms with E-state index in [1.165, 1.54) is 4.90 Å². The molecule has 0 aromatic heterocycles. The molecular weight excluding hydrogens is 326 g/mol. The van der Waals surface area contributed by atoms with Gasteiger partial charge in [-0.2, -0.15) is 8.42 Å². The number of likely N-dealkylation sites (tertiary alicyclic amines) is 1. The third kappa shape index (κ3) is 6.74. The number of hydrogen-bond acceptors (Lipinski definition) is 7. The molecule has 0 aromatic rings. The predicted molar refractivity (Wildman–Crippen MR) is 82.2 cm³/mol. The van der Waals surface area contributed by atoms with Gasteiger partial charge < -0.3 is 14.4 Å². The lowest BCUT2D eigenvalue weighted by Crippen LogP contribution is -2.36. The average molecular weight is 351 g/mol. The quantitative estimate of drug-likeness (QED) is 0.538. The van der Waals surface area contributed by atoms with Crippen LogP contribution in [0, 0.1) is 11.8 Å². The van der Waals surface area contributed by atoms with Crippen molar-refractivity contribution in [3.8, 4) is 0 Å². The maximum atomic E-state index is 12.1. The molecule has 0 spiro atoms. The summed E-state index contributed by atoms with van der Waals surface area (Å²) in [6, 6.07) is 0. The molecule has 134 valence electrons. The van der Waals surface area contributed by atoms with Gasteiger partial charge >= 0.3 is 12.1 Å². The number of ether oxygens (including phenoxy) is 2. The molecule has 2 atom stereocenters. The molecule has 1 heterocycles. The summed E-state index contributed by atoms with van der Waals surface area (Å²) in [5.41, 5.74) is -0.655. The molecule has 0 saturated carbocycles. The molecule has 0 N–H and O–H groups in total. The van der Waals surface area contributed by atoms with E-state index in [0.29, 0.717) is 0 Å². The average Bonchev–Trinajstić information content (AvgIpc) is 2.78. The molecule has 8 nitrogen and oxygen atoms in total. The highest BCUT2D eigenvalue weighted by Gasteiger charge is 2.42. The summed E-state index contributed by atoms with van der Waals surface area (Å²) in [4.78, 5) is 25.5. The highest BCUT2D eigenvalue weighted by atomic mass is 32.2. The first-order valence-electron chi connectivity index (χ1n) is 7.42. The molecule has 1 fully saturated rings.